The predicted octanol–water partition coefficient (Wildman–Crippen LogP) is 2.87. The first-order valence-electron chi connectivity index (χ1n) is 7.78. The first-order chi connectivity index (χ1) is 12.6. The number of ether oxygens (including phenoxy) is 1. The normalized spacial score (nSPS) is 17.0. The van der Waals surface area contributed by atoms with E-state index in [1.807, 2.05) is 0 Å². The van der Waals surface area contributed by atoms with E-state index in [1.165, 1.54) is 24.3 Å². The molecule has 0 radical (unpaired) electrons. The van der Waals surface area contributed by atoms with Gasteiger partial charge in [-0.2, -0.15) is 13.2 Å². The number of nitrogens with one attached hydrogen (secondary N) is 1. The Labute approximate surface area is 153 Å². The van der Waals surface area contributed by atoms with Crippen LogP contribution in [0.4, 0.5) is 24.5 Å². The molecule has 1 aliphatic rings. The van der Waals surface area contributed by atoms with Gasteiger partial charge < -0.3 is 10.1 Å². The van der Waals surface area contributed by atoms with E-state index in [1.54, 1.807) is 12.1 Å². The highest BCUT2D eigenvalue weighted by Crippen LogP contribution is 2.36. The predicted molar refractivity (Wildman–Crippen MR) is 93.1 cm³/mol. The van der Waals surface area contributed by atoms with Crippen molar-refractivity contribution in [2.45, 2.75) is 12.3 Å². The lowest BCUT2D eigenvalue weighted by Crippen LogP contribution is -2.48. The molecule has 1 aliphatic heterocycles. The molecular formula is C17H15F3N2O4S. The van der Waals surface area contributed by atoms with Crippen molar-refractivity contribution in [3.05, 3.63) is 54.1 Å². The van der Waals surface area contributed by atoms with Crippen LogP contribution in [-0.4, -0.2) is 33.2 Å². The summed E-state index contributed by atoms with van der Waals surface area (Å²) in [5, 5.41) is 2.18. The zero-order valence-corrected chi connectivity index (χ0v) is 14.8. The molecule has 1 unspecified atom stereocenters. The number of rotatable bonds is 3. The first-order valence-corrected chi connectivity index (χ1v) is 9.62. The molecule has 1 amide bonds. The fraction of sp³-hybridized carbons (Fsp3) is 0.235. The number of carbonyl (C=O) groups is 1. The molecule has 27 heavy (non-hydrogen) atoms. The standard InChI is InChI=1S/C17H15F3N2O4S/c1-27(24,25)22-10-15(26-14-9-5-4-8-13(14)22)16(23)21-12-7-3-2-6-11(12)17(18,19)20/h2-9,15H,10H2,1H3,(H,21,23). The molecule has 1 heterocycles. The number of alkyl halides is 3. The average Bonchev–Trinajstić information content (AvgIpc) is 2.59. The summed E-state index contributed by atoms with van der Waals surface area (Å²) in [6.07, 6.45) is -4.98. The summed E-state index contributed by atoms with van der Waals surface area (Å²) in [4.78, 5) is 12.5. The number of carbonyl (C=O) groups excluding carboxylic acids is 1. The van der Waals surface area contributed by atoms with Crippen LogP contribution in [0.1, 0.15) is 5.56 Å². The van der Waals surface area contributed by atoms with E-state index >= 15 is 0 Å². The minimum absolute atomic E-state index is 0.151. The lowest BCUT2D eigenvalue weighted by molar-refractivity contribution is -0.137. The Bertz CT molecular complexity index is 976. The number of halogens is 3. The number of sulfonamides is 1. The third-order valence-corrected chi connectivity index (χ3v) is 5.06. The Morgan fingerprint density at radius 3 is 2.44 bits per heavy atom. The van der Waals surface area contributed by atoms with Crippen LogP contribution < -0.4 is 14.4 Å². The van der Waals surface area contributed by atoms with Gasteiger partial charge in [0.2, 0.25) is 10.0 Å². The SMILES string of the molecule is CS(=O)(=O)N1CC(C(=O)Nc2ccccc2C(F)(F)F)Oc2ccccc21. The van der Waals surface area contributed by atoms with Gasteiger partial charge in [0.05, 0.1) is 29.7 Å². The lowest BCUT2D eigenvalue weighted by Gasteiger charge is -2.34. The number of nitrogens with zero attached hydrogens (tertiary/aromatic N) is 1. The van der Waals surface area contributed by atoms with E-state index in [2.05, 4.69) is 5.32 Å². The number of hydrogen-bond acceptors (Lipinski definition) is 4. The molecule has 144 valence electrons. The van der Waals surface area contributed by atoms with Crippen LogP contribution in [-0.2, 0) is 21.0 Å². The van der Waals surface area contributed by atoms with Gasteiger partial charge in [-0.1, -0.05) is 24.3 Å². The van der Waals surface area contributed by atoms with Crippen molar-refractivity contribution < 1.29 is 31.1 Å². The molecule has 0 fully saturated rings. The van der Waals surface area contributed by atoms with Gasteiger partial charge in [-0.25, -0.2) is 8.42 Å². The van der Waals surface area contributed by atoms with Crippen molar-refractivity contribution >= 4 is 27.3 Å². The highest BCUT2D eigenvalue weighted by Gasteiger charge is 2.37. The fourth-order valence-corrected chi connectivity index (χ4v) is 3.62. The fourth-order valence-electron chi connectivity index (χ4n) is 2.71. The van der Waals surface area contributed by atoms with E-state index in [4.69, 9.17) is 4.74 Å². The maximum atomic E-state index is 13.1. The van der Waals surface area contributed by atoms with Crippen LogP contribution in [0.15, 0.2) is 48.5 Å². The molecule has 0 aliphatic carbocycles. The van der Waals surface area contributed by atoms with Crippen LogP contribution in [0.25, 0.3) is 0 Å². The molecule has 0 spiro atoms. The second kappa shape index (κ2) is 6.76. The first kappa shape index (κ1) is 19.0. The Kier molecular flexibility index (Phi) is 4.77. The van der Waals surface area contributed by atoms with Gasteiger partial charge in [-0.05, 0) is 24.3 Å². The Morgan fingerprint density at radius 2 is 1.78 bits per heavy atom. The van der Waals surface area contributed by atoms with Gasteiger partial charge in [-0.15, -0.1) is 0 Å². The second-order valence-electron chi connectivity index (χ2n) is 5.90. The largest absolute Gasteiger partial charge is 0.476 e. The number of anilines is 2. The summed E-state index contributed by atoms with van der Waals surface area (Å²) >= 11 is 0. The quantitative estimate of drug-likeness (QED) is 0.860. The molecule has 0 bridgehead atoms. The zero-order valence-electron chi connectivity index (χ0n) is 14.0. The smallest absolute Gasteiger partial charge is 0.418 e. The molecule has 0 saturated heterocycles. The van der Waals surface area contributed by atoms with Gasteiger partial charge in [-0.3, -0.25) is 9.10 Å². The van der Waals surface area contributed by atoms with Gasteiger partial charge in [0.15, 0.2) is 6.10 Å². The minimum atomic E-state index is -4.65. The molecule has 3 rings (SSSR count). The van der Waals surface area contributed by atoms with Gasteiger partial charge in [0, 0.05) is 0 Å². The van der Waals surface area contributed by atoms with Crippen LogP contribution in [0.2, 0.25) is 0 Å². The van der Waals surface area contributed by atoms with E-state index in [9.17, 15) is 26.4 Å². The van der Waals surface area contributed by atoms with Crippen molar-refractivity contribution in [3.8, 4) is 5.75 Å². The van der Waals surface area contributed by atoms with E-state index in [0.717, 1.165) is 22.7 Å². The number of amides is 1. The highest BCUT2D eigenvalue weighted by atomic mass is 32.2. The third-order valence-electron chi connectivity index (χ3n) is 3.92. The molecular weight excluding hydrogens is 385 g/mol. The summed E-state index contributed by atoms with van der Waals surface area (Å²) < 4.78 is 69.9. The third kappa shape index (κ3) is 4.00. The molecule has 6 nitrogen and oxygen atoms in total. The molecule has 1 atom stereocenters. The number of fused-ring (bicyclic) bond motifs is 1. The molecule has 10 heteroatoms. The number of para-hydroxylation sites is 3. The molecule has 0 saturated carbocycles. The lowest BCUT2D eigenvalue weighted by atomic mass is 10.1. The van der Waals surface area contributed by atoms with E-state index in [0.29, 0.717) is 0 Å². The van der Waals surface area contributed by atoms with Gasteiger partial charge in [0.1, 0.15) is 5.75 Å². The van der Waals surface area contributed by atoms with Crippen LogP contribution in [0.5, 0.6) is 5.75 Å². The number of hydrogen-bond donors (Lipinski definition) is 1. The Balaban J connectivity index is 1.89. The zero-order chi connectivity index (χ0) is 19.8. The van der Waals surface area contributed by atoms with E-state index < -0.39 is 39.5 Å². The van der Waals surface area contributed by atoms with Crippen molar-refractivity contribution in [3.63, 3.8) is 0 Å². The van der Waals surface area contributed by atoms with Crippen LogP contribution >= 0.6 is 0 Å². The maximum Gasteiger partial charge on any atom is 0.418 e. The second-order valence-corrected chi connectivity index (χ2v) is 7.81. The van der Waals surface area contributed by atoms with Gasteiger partial charge in [0.25, 0.3) is 5.91 Å². The molecule has 0 aromatic heterocycles. The van der Waals surface area contributed by atoms with Crippen LogP contribution in [0, 0.1) is 0 Å². The van der Waals surface area contributed by atoms with Gasteiger partial charge >= 0.3 is 6.18 Å². The monoisotopic (exact) mass is 400 g/mol. The summed E-state index contributed by atoms with van der Waals surface area (Å²) in [6.45, 7) is -0.351. The Morgan fingerprint density at radius 1 is 1.15 bits per heavy atom. The van der Waals surface area contributed by atoms with Crippen molar-refractivity contribution in [1.29, 1.82) is 0 Å². The minimum Gasteiger partial charge on any atom is -0.476 e. The van der Waals surface area contributed by atoms with E-state index in [-0.39, 0.29) is 18.0 Å². The average molecular weight is 400 g/mol. The summed E-state index contributed by atoms with van der Waals surface area (Å²) in [5.74, 6) is -0.728. The Hall–Kier alpha value is -2.75. The summed E-state index contributed by atoms with van der Waals surface area (Å²) in [5.41, 5.74) is -1.17. The van der Waals surface area contributed by atoms with Crippen LogP contribution in [0.3, 0.4) is 0 Å². The van der Waals surface area contributed by atoms with Crippen molar-refractivity contribution in [2.24, 2.45) is 0 Å². The highest BCUT2D eigenvalue weighted by molar-refractivity contribution is 7.92. The van der Waals surface area contributed by atoms with Crippen molar-refractivity contribution in [1.82, 2.24) is 0 Å². The maximum absolute atomic E-state index is 13.1. The molecule has 2 aromatic carbocycles. The summed E-state index contributed by atoms with van der Waals surface area (Å²) in [7, 11) is -3.72. The summed E-state index contributed by atoms with van der Waals surface area (Å²) in [6, 6.07) is 10.7. The van der Waals surface area contributed by atoms with Crippen molar-refractivity contribution in [2.75, 3.05) is 22.4 Å². The number of benzene rings is 2. The molecule has 2 aromatic rings. The topological polar surface area (TPSA) is 75.7 Å². The molecule has 1 N–H and O–H groups in total.